The van der Waals surface area contributed by atoms with Gasteiger partial charge in [-0.3, -0.25) is 9.59 Å². The first kappa shape index (κ1) is 17.9. The van der Waals surface area contributed by atoms with Gasteiger partial charge >= 0.3 is 0 Å². The van der Waals surface area contributed by atoms with Gasteiger partial charge in [-0.25, -0.2) is 0 Å². The number of carbonyl (C=O) groups excluding carboxylic acids is 2. The molecule has 0 saturated heterocycles. The fourth-order valence-corrected chi connectivity index (χ4v) is 3.68. The van der Waals surface area contributed by atoms with Crippen molar-refractivity contribution in [2.45, 2.75) is 12.5 Å². The molecule has 28 heavy (non-hydrogen) atoms. The van der Waals surface area contributed by atoms with Crippen LogP contribution in [0.5, 0.6) is 5.75 Å². The summed E-state index contributed by atoms with van der Waals surface area (Å²) in [5, 5.41) is 0. The van der Waals surface area contributed by atoms with Crippen LogP contribution in [0.2, 0.25) is 0 Å². The molecule has 138 valence electrons. The molecule has 3 aromatic rings. The molecule has 0 bridgehead atoms. The third kappa shape index (κ3) is 3.16. The van der Waals surface area contributed by atoms with Crippen LogP contribution in [0.15, 0.2) is 91.5 Å². The van der Waals surface area contributed by atoms with Crippen molar-refractivity contribution in [2.24, 2.45) is 5.92 Å². The summed E-state index contributed by atoms with van der Waals surface area (Å²) in [7, 11) is 0. The third-order valence-corrected chi connectivity index (χ3v) is 5.03. The Morgan fingerprint density at radius 3 is 2.29 bits per heavy atom. The predicted molar refractivity (Wildman–Crippen MR) is 109 cm³/mol. The van der Waals surface area contributed by atoms with Crippen molar-refractivity contribution in [1.82, 2.24) is 0 Å². The van der Waals surface area contributed by atoms with Crippen LogP contribution in [0.3, 0.4) is 0 Å². The molecule has 0 amide bonds. The molecular weight excluding hydrogens is 348 g/mol. The van der Waals surface area contributed by atoms with Crippen LogP contribution in [0.4, 0.5) is 0 Å². The number of benzene rings is 3. The lowest BCUT2D eigenvalue weighted by Gasteiger charge is -2.33. The third-order valence-electron chi connectivity index (χ3n) is 5.03. The predicted octanol–water partition coefficient (Wildman–Crippen LogP) is 5.23. The number of hydrogen-bond acceptors (Lipinski definition) is 3. The average molecular weight is 368 g/mol. The molecule has 0 aliphatic carbocycles. The number of rotatable bonds is 5. The molecular formula is C25H20O3. The second-order valence-electron chi connectivity index (χ2n) is 6.81. The summed E-state index contributed by atoms with van der Waals surface area (Å²) in [6.45, 7) is 3.79. The summed E-state index contributed by atoms with van der Waals surface area (Å²) < 4.78 is 6.34. The summed E-state index contributed by atoms with van der Waals surface area (Å²) in [5.41, 5.74) is 2.67. The molecule has 2 atom stereocenters. The average Bonchev–Trinajstić information content (AvgIpc) is 2.75. The quantitative estimate of drug-likeness (QED) is 0.352. The number of Topliss-reactive ketones (excluding diaryl/α,β-unsaturated/α-hetero) is 2. The Labute approximate surface area is 164 Å². The second kappa shape index (κ2) is 7.65. The minimum Gasteiger partial charge on any atom is -0.483 e. The smallest absolute Gasteiger partial charge is 0.181 e. The van der Waals surface area contributed by atoms with Gasteiger partial charge in [0, 0.05) is 5.56 Å². The Kier molecular flexibility index (Phi) is 4.90. The molecule has 4 rings (SSSR count). The lowest BCUT2D eigenvalue weighted by molar-refractivity contribution is 0.0567. The second-order valence-corrected chi connectivity index (χ2v) is 6.81. The Morgan fingerprint density at radius 1 is 0.929 bits per heavy atom. The summed E-state index contributed by atoms with van der Waals surface area (Å²) >= 11 is 0. The number of ketones is 2. The van der Waals surface area contributed by atoms with Crippen molar-refractivity contribution in [3.05, 3.63) is 114 Å². The minimum absolute atomic E-state index is 0.199. The Balaban J connectivity index is 1.85. The van der Waals surface area contributed by atoms with Crippen molar-refractivity contribution in [2.75, 3.05) is 0 Å². The van der Waals surface area contributed by atoms with E-state index in [0.29, 0.717) is 23.3 Å². The van der Waals surface area contributed by atoms with Crippen molar-refractivity contribution in [3.63, 3.8) is 0 Å². The monoisotopic (exact) mass is 368 g/mol. The summed E-state index contributed by atoms with van der Waals surface area (Å²) in [4.78, 5) is 26.7. The lowest BCUT2D eigenvalue weighted by atomic mass is 9.80. The molecule has 3 aromatic carbocycles. The first-order valence-electron chi connectivity index (χ1n) is 9.28. The lowest BCUT2D eigenvalue weighted by Crippen LogP contribution is -2.37. The van der Waals surface area contributed by atoms with Crippen molar-refractivity contribution in [1.29, 1.82) is 0 Å². The van der Waals surface area contributed by atoms with Gasteiger partial charge in [0.25, 0.3) is 0 Å². The van der Waals surface area contributed by atoms with E-state index in [1.54, 1.807) is 36.4 Å². The van der Waals surface area contributed by atoms with Gasteiger partial charge in [-0.1, -0.05) is 78.9 Å². The van der Waals surface area contributed by atoms with Crippen molar-refractivity contribution < 1.29 is 14.3 Å². The highest BCUT2D eigenvalue weighted by Crippen LogP contribution is 2.42. The topological polar surface area (TPSA) is 43.4 Å². The zero-order valence-corrected chi connectivity index (χ0v) is 15.4. The van der Waals surface area contributed by atoms with E-state index < -0.39 is 12.0 Å². The molecule has 0 aromatic heterocycles. The van der Waals surface area contributed by atoms with Crippen molar-refractivity contribution >= 4 is 11.6 Å². The zero-order chi connectivity index (χ0) is 19.5. The highest BCUT2D eigenvalue weighted by Gasteiger charge is 2.43. The van der Waals surface area contributed by atoms with E-state index in [1.807, 2.05) is 48.5 Å². The van der Waals surface area contributed by atoms with Gasteiger partial charge in [-0.15, -0.1) is 6.58 Å². The molecule has 1 aliphatic rings. The number of carbonyl (C=O) groups is 2. The maximum absolute atomic E-state index is 13.4. The van der Waals surface area contributed by atoms with E-state index in [1.165, 1.54) is 0 Å². The van der Waals surface area contributed by atoms with Gasteiger partial charge in [0.05, 0.1) is 5.56 Å². The van der Waals surface area contributed by atoms with Crippen molar-refractivity contribution in [3.8, 4) is 5.75 Å². The Morgan fingerprint density at radius 2 is 1.61 bits per heavy atom. The highest BCUT2D eigenvalue weighted by atomic mass is 16.5. The van der Waals surface area contributed by atoms with E-state index in [-0.39, 0.29) is 11.6 Å². The van der Waals surface area contributed by atoms with Crippen LogP contribution in [0, 0.1) is 5.92 Å². The van der Waals surface area contributed by atoms with Crippen LogP contribution in [-0.4, -0.2) is 11.6 Å². The van der Waals surface area contributed by atoms with E-state index in [4.69, 9.17) is 4.74 Å². The fraction of sp³-hybridized carbons (Fsp3) is 0.120. The number of para-hydroxylation sites is 1. The van der Waals surface area contributed by atoms with Gasteiger partial charge in [-0.05, 0) is 23.6 Å². The maximum atomic E-state index is 13.4. The number of fused-ring (bicyclic) bond motifs is 1. The number of ether oxygens (including phenoxy) is 1. The first-order valence-corrected chi connectivity index (χ1v) is 9.28. The van der Waals surface area contributed by atoms with Gasteiger partial charge in [0.15, 0.2) is 11.6 Å². The SMILES string of the molecule is C=CCc1cccc2c1OC(c1ccccc1)C(C(=O)c1ccccc1)C2=O. The minimum atomic E-state index is -0.920. The molecule has 3 nitrogen and oxygen atoms in total. The van der Waals surface area contributed by atoms with E-state index >= 15 is 0 Å². The zero-order valence-electron chi connectivity index (χ0n) is 15.4. The van der Waals surface area contributed by atoms with Gasteiger partial charge in [-0.2, -0.15) is 0 Å². The molecule has 0 saturated carbocycles. The van der Waals surface area contributed by atoms with Crippen LogP contribution >= 0.6 is 0 Å². The first-order chi connectivity index (χ1) is 13.7. The van der Waals surface area contributed by atoms with Crippen LogP contribution < -0.4 is 4.74 Å². The molecule has 0 radical (unpaired) electrons. The van der Waals surface area contributed by atoms with Gasteiger partial charge in [0.2, 0.25) is 0 Å². The van der Waals surface area contributed by atoms with Crippen LogP contribution in [-0.2, 0) is 6.42 Å². The molecule has 1 aliphatic heterocycles. The number of hydrogen-bond donors (Lipinski definition) is 0. The number of allylic oxidation sites excluding steroid dienone is 1. The highest BCUT2D eigenvalue weighted by molar-refractivity contribution is 6.18. The van der Waals surface area contributed by atoms with Crippen LogP contribution in [0.1, 0.15) is 37.9 Å². The molecule has 0 N–H and O–H groups in total. The largest absolute Gasteiger partial charge is 0.483 e. The van der Waals surface area contributed by atoms with E-state index in [9.17, 15) is 9.59 Å². The summed E-state index contributed by atoms with van der Waals surface area (Å²) in [6.07, 6.45) is 1.71. The summed E-state index contributed by atoms with van der Waals surface area (Å²) in [5.74, 6) is -0.788. The molecule has 0 spiro atoms. The maximum Gasteiger partial charge on any atom is 0.181 e. The summed E-state index contributed by atoms with van der Waals surface area (Å²) in [6, 6.07) is 23.9. The molecule has 0 fully saturated rings. The van der Waals surface area contributed by atoms with E-state index in [0.717, 1.165) is 11.1 Å². The molecule has 3 heteroatoms. The standard InChI is InChI=1S/C25H20O3/c1-2-10-18-15-9-16-20-23(27)21(22(26)17-11-5-3-6-12-17)25(28-24(18)20)19-13-7-4-8-14-19/h2-9,11-16,21,25H,1,10H2. The normalized spacial score (nSPS) is 18.1. The van der Waals surface area contributed by atoms with Crippen LogP contribution in [0.25, 0.3) is 0 Å². The Bertz CT molecular complexity index is 1020. The van der Waals surface area contributed by atoms with Gasteiger partial charge < -0.3 is 4.74 Å². The molecule has 2 unspecified atom stereocenters. The van der Waals surface area contributed by atoms with E-state index in [2.05, 4.69) is 6.58 Å². The molecule has 1 heterocycles. The Hall–Kier alpha value is -3.46. The fourth-order valence-electron chi connectivity index (χ4n) is 3.68. The van der Waals surface area contributed by atoms with Gasteiger partial charge in [0.1, 0.15) is 17.8 Å².